The second-order valence-corrected chi connectivity index (χ2v) is 13.7. The van der Waals surface area contributed by atoms with Crippen LogP contribution in [0.5, 0.6) is 0 Å². The van der Waals surface area contributed by atoms with Crippen LogP contribution in [-0.4, -0.2) is 4.57 Å². The molecule has 1 atom stereocenters. The second kappa shape index (κ2) is 12.6. The van der Waals surface area contributed by atoms with Crippen LogP contribution >= 0.6 is 0 Å². The summed E-state index contributed by atoms with van der Waals surface area (Å²) in [7, 11) is 0. The van der Waals surface area contributed by atoms with Gasteiger partial charge >= 0.3 is 0 Å². The number of benzene rings is 8. The second-order valence-electron chi connectivity index (χ2n) is 13.7. The van der Waals surface area contributed by atoms with Gasteiger partial charge in [0.1, 0.15) is 0 Å². The van der Waals surface area contributed by atoms with Gasteiger partial charge in [0, 0.05) is 39.4 Å². The molecule has 1 heterocycles. The summed E-state index contributed by atoms with van der Waals surface area (Å²) in [6, 6.07) is 68.5. The molecule has 2 heteroatoms. The van der Waals surface area contributed by atoms with Gasteiger partial charge in [0.05, 0.1) is 11.0 Å². The van der Waals surface area contributed by atoms with Crippen molar-refractivity contribution in [2.75, 3.05) is 4.90 Å². The smallest absolute Gasteiger partial charge is 0.0547 e. The first-order valence-corrected chi connectivity index (χ1v) is 18.1. The third kappa shape index (κ3) is 5.20. The third-order valence-corrected chi connectivity index (χ3v) is 10.6. The molecule has 0 bridgehead atoms. The summed E-state index contributed by atoms with van der Waals surface area (Å²) in [6.45, 7) is 0. The molecule has 0 fully saturated rings. The highest BCUT2D eigenvalue weighted by Crippen LogP contribution is 2.42. The summed E-state index contributed by atoms with van der Waals surface area (Å²) in [5.41, 5.74) is 10.7. The van der Waals surface area contributed by atoms with Crippen molar-refractivity contribution in [1.29, 1.82) is 0 Å². The van der Waals surface area contributed by atoms with Crippen LogP contribution in [0.1, 0.15) is 17.9 Å². The molecule has 9 aromatic rings. The summed E-state index contributed by atoms with van der Waals surface area (Å²) in [6.07, 6.45) is 5.81. The number of nitrogens with zero attached hydrogens (tertiary/aromatic N) is 2. The average molecular weight is 665 g/mol. The Morgan fingerprint density at radius 3 is 1.94 bits per heavy atom. The van der Waals surface area contributed by atoms with Crippen molar-refractivity contribution in [2.45, 2.75) is 12.3 Å². The van der Waals surface area contributed by atoms with Crippen molar-refractivity contribution in [3.8, 4) is 16.8 Å². The van der Waals surface area contributed by atoms with Gasteiger partial charge in [-0.25, -0.2) is 0 Å². The molecular formula is C50H36N2. The van der Waals surface area contributed by atoms with E-state index in [-0.39, 0.29) is 0 Å². The van der Waals surface area contributed by atoms with E-state index >= 15 is 0 Å². The highest BCUT2D eigenvalue weighted by molar-refractivity contribution is 6.18. The molecule has 10 rings (SSSR count). The van der Waals surface area contributed by atoms with E-state index in [0.29, 0.717) is 5.92 Å². The van der Waals surface area contributed by atoms with Crippen molar-refractivity contribution in [3.63, 3.8) is 0 Å². The maximum Gasteiger partial charge on any atom is 0.0547 e. The molecule has 1 unspecified atom stereocenters. The fourth-order valence-electron chi connectivity index (χ4n) is 8.18. The number of hydrogen-bond donors (Lipinski definition) is 0. The Morgan fingerprint density at radius 2 is 1.13 bits per heavy atom. The van der Waals surface area contributed by atoms with Crippen molar-refractivity contribution in [3.05, 3.63) is 204 Å². The number of anilines is 3. The number of aromatic nitrogens is 1. The first kappa shape index (κ1) is 30.2. The Hall–Kier alpha value is -6.64. The SMILES string of the molecule is C1=c2ccccc2=CC(c2ccc(N(c3ccccc3)c3cccc(-c4cccc5c4c4cc6ccccc6cc4n5-c4ccccc4)c3)cc2)C1. The van der Waals surface area contributed by atoms with Crippen LogP contribution in [0.25, 0.3) is 61.5 Å². The van der Waals surface area contributed by atoms with E-state index in [1.807, 2.05) is 0 Å². The molecule has 8 aromatic carbocycles. The fraction of sp³-hybridized carbons (Fsp3) is 0.0400. The standard InChI is InChI=1S/C50H36N2/c1-3-18-42(19-4-1)51(44-29-27-36(28-30-44)40-26-25-35-13-7-8-14-37(35)31-40)45-22-11-17-41(32-45)46-23-12-24-48-50(46)47-33-38-15-9-10-16-39(38)34-49(47)52(48)43-20-5-2-6-21-43/h1-25,27-34,40H,26H2. The van der Waals surface area contributed by atoms with Gasteiger partial charge in [-0.1, -0.05) is 133 Å². The summed E-state index contributed by atoms with van der Waals surface area (Å²) < 4.78 is 2.42. The Labute approximate surface area is 303 Å². The van der Waals surface area contributed by atoms with Crippen LogP contribution in [0.15, 0.2) is 188 Å². The minimum atomic E-state index is 0.369. The van der Waals surface area contributed by atoms with Crippen molar-refractivity contribution >= 4 is 61.8 Å². The fourth-order valence-corrected chi connectivity index (χ4v) is 8.18. The lowest BCUT2D eigenvalue weighted by Gasteiger charge is -2.26. The lowest BCUT2D eigenvalue weighted by atomic mass is 9.90. The number of fused-ring (bicyclic) bond motifs is 5. The van der Waals surface area contributed by atoms with Gasteiger partial charge in [0.15, 0.2) is 0 Å². The molecule has 0 saturated heterocycles. The van der Waals surface area contributed by atoms with Crippen LogP contribution in [-0.2, 0) is 0 Å². The van der Waals surface area contributed by atoms with Crippen LogP contribution < -0.4 is 15.3 Å². The van der Waals surface area contributed by atoms with Gasteiger partial charge in [-0.05, 0) is 111 Å². The zero-order valence-electron chi connectivity index (χ0n) is 28.7. The molecule has 0 spiro atoms. The molecular weight excluding hydrogens is 629 g/mol. The third-order valence-electron chi connectivity index (χ3n) is 10.6. The lowest BCUT2D eigenvalue weighted by Crippen LogP contribution is -2.27. The normalized spacial score (nSPS) is 13.8. The minimum absolute atomic E-state index is 0.369. The molecule has 246 valence electrons. The zero-order chi connectivity index (χ0) is 34.4. The first-order chi connectivity index (χ1) is 25.8. The van der Waals surface area contributed by atoms with Crippen LogP contribution in [0, 0.1) is 0 Å². The van der Waals surface area contributed by atoms with E-state index in [1.54, 1.807) is 0 Å². The average Bonchev–Trinajstić information content (AvgIpc) is 3.54. The summed E-state index contributed by atoms with van der Waals surface area (Å²) >= 11 is 0. The van der Waals surface area contributed by atoms with Crippen molar-refractivity contribution < 1.29 is 0 Å². The molecule has 0 aliphatic heterocycles. The molecule has 1 aromatic heterocycles. The molecule has 0 saturated carbocycles. The first-order valence-electron chi connectivity index (χ1n) is 18.1. The van der Waals surface area contributed by atoms with Gasteiger partial charge in [0.2, 0.25) is 0 Å². The lowest BCUT2D eigenvalue weighted by molar-refractivity contribution is 0.921. The number of rotatable bonds is 6. The summed E-state index contributed by atoms with van der Waals surface area (Å²) in [5, 5.41) is 7.67. The van der Waals surface area contributed by atoms with E-state index in [1.165, 1.54) is 59.7 Å². The molecule has 1 aliphatic carbocycles. The predicted octanol–water partition coefficient (Wildman–Crippen LogP) is 11.8. The van der Waals surface area contributed by atoms with E-state index in [2.05, 4.69) is 210 Å². The van der Waals surface area contributed by atoms with E-state index in [0.717, 1.165) is 29.2 Å². The maximum atomic E-state index is 2.42. The maximum absolute atomic E-state index is 2.42. The largest absolute Gasteiger partial charge is 0.310 e. The van der Waals surface area contributed by atoms with E-state index in [9.17, 15) is 0 Å². The van der Waals surface area contributed by atoms with Crippen LogP contribution in [0.4, 0.5) is 17.1 Å². The number of para-hydroxylation sites is 2. The Bertz CT molecular complexity index is 2870. The topological polar surface area (TPSA) is 8.17 Å². The van der Waals surface area contributed by atoms with E-state index < -0.39 is 0 Å². The Balaban J connectivity index is 1.12. The molecule has 0 N–H and O–H groups in total. The quantitative estimate of drug-likeness (QED) is 0.172. The zero-order valence-corrected chi connectivity index (χ0v) is 28.7. The summed E-state index contributed by atoms with van der Waals surface area (Å²) in [4.78, 5) is 2.38. The van der Waals surface area contributed by atoms with Crippen molar-refractivity contribution in [1.82, 2.24) is 4.57 Å². The molecule has 0 amide bonds. The van der Waals surface area contributed by atoms with Gasteiger partial charge in [-0.3, -0.25) is 0 Å². The Kier molecular flexibility index (Phi) is 7.32. The van der Waals surface area contributed by atoms with Gasteiger partial charge < -0.3 is 9.47 Å². The Morgan fingerprint density at radius 1 is 0.481 bits per heavy atom. The highest BCUT2D eigenvalue weighted by atomic mass is 15.1. The molecule has 1 aliphatic rings. The highest BCUT2D eigenvalue weighted by Gasteiger charge is 2.19. The molecule has 0 radical (unpaired) electrons. The molecule has 2 nitrogen and oxygen atoms in total. The van der Waals surface area contributed by atoms with Crippen molar-refractivity contribution in [2.24, 2.45) is 0 Å². The number of hydrogen-bond acceptors (Lipinski definition) is 1. The van der Waals surface area contributed by atoms with E-state index in [4.69, 9.17) is 0 Å². The summed E-state index contributed by atoms with van der Waals surface area (Å²) in [5.74, 6) is 0.369. The predicted molar refractivity (Wildman–Crippen MR) is 220 cm³/mol. The minimum Gasteiger partial charge on any atom is -0.310 e. The van der Waals surface area contributed by atoms with Gasteiger partial charge in [0.25, 0.3) is 0 Å². The monoisotopic (exact) mass is 664 g/mol. The van der Waals surface area contributed by atoms with Crippen LogP contribution in [0.2, 0.25) is 0 Å². The van der Waals surface area contributed by atoms with Gasteiger partial charge in [-0.15, -0.1) is 0 Å². The molecule has 52 heavy (non-hydrogen) atoms. The van der Waals surface area contributed by atoms with Gasteiger partial charge in [-0.2, -0.15) is 0 Å². The van der Waals surface area contributed by atoms with Crippen LogP contribution in [0.3, 0.4) is 0 Å².